The molecule has 100 valence electrons. The highest BCUT2D eigenvalue weighted by atomic mass is 16.3. The maximum atomic E-state index is 12.1. The summed E-state index contributed by atoms with van der Waals surface area (Å²) in [6, 6.07) is 0.461. The highest BCUT2D eigenvalue weighted by Crippen LogP contribution is 2.23. The van der Waals surface area contributed by atoms with Crippen LogP contribution in [-0.4, -0.2) is 58.1 Å². The number of β-amino-alcohol motifs (C(OH)–C–C–N with tert-alkyl or cyclic N) is 1. The van der Waals surface area contributed by atoms with Crippen molar-refractivity contribution in [3.63, 3.8) is 0 Å². The Kier molecular flexibility index (Phi) is 4.55. The molecule has 17 heavy (non-hydrogen) atoms. The standard InChI is InChI=1S/C13H26N2O2/c1-6-13(17)8-14(9-13)7-12(16)15(10(2)3)11(4)5/h10-11,17H,6-9H2,1-5H3. The summed E-state index contributed by atoms with van der Waals surface area (Å²) in [5, 5.41) is 9.89. The van der Waals surface area contributed by atoms with Crippen LogP contribution in [0.2, 0.25) is 0 Å². The summed E-state index contributed by atoms with van der Waals surface area (Å²) in [6.45, 7) is 11.8. The summed E-state index contributed by atoms with van der Waals surface area (Å²) in [7, 11) is 0. The first-order chi connectivity index (χ1) is 7.79. The van der Waals surface area contributed by atoms with Crippen LogP contribution in [0.4, 0.5) is 0 Å². The molecule has 4 heteroatoms. The molecule has 0 aromatic rings. The molecule has 0 bridgehead atoms. The lowest BCUT2D eigenvalue weighted by molar-refractivity contribution is -0.145. The molecule has 1 N–H and O–H groups in total. The normalized spacial score (nSPS) is 19.5. The molecule has 1 rings (SSSR count). The third-order valence-corrected chi connectivity index (χ3v) is 3.45. The second-order valence-corrected chi connectivity index (χ2v) is 5.71. The van der Waals surface area contributed by atoms with Gasteiger partial charge in [-0.05, 0) is 34.1 Å². The van der Waals surface area contributed by atoms with Gasteiger partial charge in [0, 0.05) is 25.2 Å². The molecule has 0 unspecified atom stereocenters. The molecule has 4 nitrogen and oxygen atoms in total. The van der Waals surface area contributed by atoms with E-state index in [4.69, 9.17) is 0 Å². The van der Waals surface area contributed by atoms with Gasteiger partial charge in [-0.3, -0.25) is 9.69 Å². The number of likely N-dealkylation sites (tertiary alicyclic amines) is 1. The van der Waals surface area contributed by atoms with Crippen LogP contribution in [0.5, 0.6) is 0 Å². The first kappa shape index (κ1) is 14.5. The van der Waals surface area contributed by atoms with Crippen molar-refractivity contribution in [3.05, 3.63) is 0 Å². The topological polar surface area (TPSA) is 43.8 Å². The molecule has 0 aromatic carbocycles. The van der Waals surface area contributed by atoms with Crippen molar-refractivity contribution in [3.8, 4) is 0 Å². The fourth-order valence-electron chi connectivity index (χ4n) is 2.57. The molecule has 0 aromatic heterocycles. The summed E-state index contributed by atoms with van der Waals surface area (Å²) >= 11 is 0. The molecule has 1 heterocycles. The third-order valence-electron chi connectivity index (χ3n) is 3.45. The smallest absolute Gasteiger partial charge is 0.237 e. The minimum atomic E-state index is -0.555. The van der Waals surface area contributed by atoms with Crippen LogP contribution in [0.1, 0.15) is 41.0 Å². The van der Waals surface area contributed by atoms with Crippen LogP contribution < -0.4 is 0 Å². The van der Waals surface area contributed by atoms with Crippen molar-refractivity contribution in [1.82, 2.24) is 9.80 Å². The zero-order chi connectivity index (χ0) is 13.2. The first-order valence-electron chi connectivity index (χ1n) is 6.55. The quantitative estimate of drug-likeness (QED) is 0.785. The van der Waals surface area contributed by atoms with Gasteiger partial charge >= 0.3 is 0 Å². The number of rotatable bonds is 5. The Morgan fingerprint density at radius 3 is 2.12 bits per heavy atom. The van der Waals surface area contributed by atoms with Gasteiger partial charge < -0.3 is 10.0 Å². The number of carbonyl (C=O) groups is 1. The molecule has 0 spiro atoms. The molecule has 1 amide bonds. The fourth-order valence-corrected chi connectivity index (χ4v) is 2.57. The number of nitrogens with zero attached hydrogens (tertiary/aromatic N) is 2. The van der Waals surface area contributed by atoms with E-state index in [0.29, 0.717) is 19.6 Å². The minimum Gasteiger partial charge on any atom is -0.387 e. The average molecular weight is 242 g/mol. The summed E-state index contributed by atoms with van der Waals surface area (Å²) in [5.41, 5.74) is -0.555. The summed E-state index contributed by atoms with van der Waals surface area (Å²) in [5.74, 6) is 0.160. The van der Waals surface area contributed by atoms with E-state index in [1.807, 2.05) is 44.4 Å². The molecule has 1 fully saturated rings. The van der Waals surface area contributed by atoms with Crippen LogP contribution >= 0.6 is 0 Å². The predicted molar refractivity (Wildman–Crippen MR) is 68.8 cm³/mol. The van der Waals surface area contributed by atoms with Crippen molar-refractivity contribution in [2.24, 2.45) is 0 Å². The number of aliphatic hydroxyl groups is 1. The Morgan fingerprint density at radius 1 is 1.29 bits per heavy atom. The van der Waals surface area contributed by atoms with Gasteiger partial charge in [0.25, 0.3) is 0 Å². The van der Waals surface area contributed by atoms with Crippen LogP contribution in [0.15, 0.2) is 0 Å². The maximum Gasteiger partial charge on any atom is 0.237 e. The monoisotopic (exact) mass is 242 g/mol. The number of carbonyl (C=O) groups excluding carboxylic acids is 1. The van der Waals surface area contributed by atoms with Crippen LogP contribution in [0.3, 0.4) is 0 Å². The Hall–Kier alpha value is -0.610. The highest BCUT2D eigenvalue weighted by molar-refractivity contribution is 5.79. The van der Waals surface area contributed by atoms with Crippen molar-refractivity contribution in [2.75, 3.05) is 19.6 Å². The Bertz CT molecular complexity index is 263. The lowest BCUT2D eigenvalue weighted by Gasteiger charge is -2.46. The van der Waals surface area contributed by atoms with Crippen molar-refractivity contribution in [1.29, 1.82) is 0 Å². The average Bonchev–Trinajstić information content (AvgIpc) is 2.13. The Labute approximate surface area is 105 Å². The summed E-state index contributed by atoms with van der Waals surface area (Å²) in [4.78, 5) is 16.1. The van der Waals surface area contributed by atoms with Crippen LogP contribution in [-0.2, 0) is 4.79 Å². The van der Waals surface area contributed by atoms with Gasteiger partial charge in [-0.25, -0.2) is 0 Å². The highest BCUT2D eigenvalue weighted by Gasteiger charge is 2.40. The van der Waals surface area contributed by atoms with Gasteiger partial charge in [-0.1, -0.05) is 6.92 Å². The molecule has 0 aliphatic carbocycles. The molecule has 0 atom stereocenters. The van der Waals surface area contributed by atoms with E-state index in [9.17, 15) is 9.90 Å². The molecule has 1 aliphatic heterocycles. The maximum absolute atomic E-state index is 12.1. The van der Waals surface area contributed by atoms with Crippen LogP contribution in [0.25, 0.3) is 0 Å². The van der Waals surface area contributed by atoms with Gasteiger partial charge in [0.2, 0.25) is 5.91 Å². The van der Waals surface area contributed by atoms with Gasteiger partial charge in [0.1, 0.15) is 0 Å². The lowest BCUT2D eigenvalue weighted by atomic mass is 9.91. The largest absolute Gasteiger partial charge is 0.387 e. The predicted octanol–water partition coefficient (Wildman–Crippen LogP) is 1.09. The number of hydrogen-bond acceptors (Lipinski definition) is 3. The summed E-state index contributed by atoms with van der Waals surface area (Å²) < 4.78 is 0. The Balaban J connectivity index is 2.45. The number of hydrogen-bond donors (Lipinski definition) is 1. The zero-order valence-corrected chi connectivity index (χ0v) is 11.7. The Morgan fingerprint density at radius 2 is 1.76 bits per heavy atom. The molecule has 1 aliphatic rings. The SMILES string of the molecule is CCC1(O)CN(CC(=O)N(C(C)C)C(C)C)C1. The zero-order valence-electron chi connectivity index (χ0n) is 11.7. The van der Waals surface area contributed by atoms with E-state index < -0.39 is 5.60 Å². The minimum absolute atomic E-state index is 0.160. The van der Waals surface area contributed by atoms with E-state index in [0.717, 1.165) is 6.42 Å². The van der Waals surface area contributed by atoms with E-state index in [2.05, 4.69) is 0 Å². The lowest BCUT2D eigenvalue weighted by Crippen LogP contribution is -2.63. The number of amides is 1. The van der Waals surface area contributed by atoms with E-state index in [-0.39, 0.29) is 18.0 Å². The van der Waals surface area contributed by atoms with Gasteiger partial charge in [-0.15, -0.1) is 0 Å². The van der Waals surface area contributed by atoms with Gasteiger partial charge in [0.05, 0.1) is 12.1 Å². The molecule has 1 saturated heterocycles. The molecule has 0 radical (unpaired) electrons. The second kappa shape index (κ2) is 5.36. The van der Waals surface area contributed by atoms with Gasteiger partial charge in [-0.2, -0.15) is 0 Å². The summed E-state index contributed by atoms with van der Waals surface area (Å²) in [6.07, 6.45) is 0.760. The van der Waals surface area contributed by atoms with Crippen molar-refractivity contribution >= 4 is 5.91 Å². The van der Waals surface area contributed by atoms with E-state index >= 15 is 0 Å². The van der Waals surface area contributed by atoms with Crippen molar-refractivity contribution in [2.45, 2.75) is 58.7 Å². The molecular formula is C13H26N2O2. The van der Waals surface area contributed by atoms with Gasteiger partial charge in [0.15, 0.2) is 0 Å². The van der Waals surface area contributed by atoms with Crippen LogP contribution in [0, 0.1) is 0 Å². The third kappa shape index (κ3) is 3.42. The molecular weight excluding hydrogens is 216 g/mol. The van der Waals surface area contributed by atoms with E-state index in [1.165, 1.54) is 0 Å². The van der Waals surface area contributed by atoms with Crippen molar-refractivity contribution < 1.29 is 9.90 Å². The second-order valence-electron chi connectivity index (χ2n) is 5.71. The molecule has 0 saturated carbocycles. The fraction of sp³-hybridized carbons (Fsp3) is 0.923. The van der Waals surface area contributed by atoms with E-state index in [1.54, 1.807) is 0 Å². The first-order valence-corrected chi connectivity index (χ1v) is 6.55.